The van der Waals surface area contributed by atoms with Crippen molar-refractivity contribution in [3.63, 3.8) is 0 Å². The van der Waals surface area contributed by atoms with E-state index in [9.17, 15) is 9.00 Å². The summed E-state index contributed by atoms with van der Waals surface area (Å²) in [4.78, 5) is 9.92. The predicted octanol–water partition coefficient (Wildman–Crippen LogP) is 0.294. The summed E-state index contributed by atoms with van der Waals surface area (Å²) in [7, 11) is 2.78. The Hall–Kier alpha value is -0.130. The summed E-state index contributed by atoms with van der Waals surface area (Å²) < 4.78 is 14.1. The topological polar surface area (TPSA) is 63.6 Å². The summed E-state index contributed by atoms with van der Waals surface area (Å²) in [6, 6.07) is 0. The average Bonchev–Trinajstić information content (AvgIpc) is 1.63. The normalized spacial score (nSPS) is 16.7. The molecule has 54 valence electrons. The summed E-state index contributed by atoms with van der Waals surface area (Å²) >= 11 is 0. The van der Waals surface area contributed by atoms with Gasteiger partial charge in [-0.05, 0) is 6.92 Å². The van der Waals surface area contributed by atoms with Gasteiger partial charge in [0.05, 0.1) is 0 Å². The zero-order valence-electron chi connectivity index (χ0n) is 4.54. The van der Waals surface area contributed by atoms with E-state index in [-0.39, 0.29) is 0 Å². The highest BCUT2D eigenvalue weighted by atomic mass is 35.7. The van der Waals surface area contributed by atoms with Crippen LogP contribution in [0.15, 0.2) is 0 Å². The summed E-state index contributed by atoms with van der Waals surface area (Å²) in [5.41, 5.74) is 0. The van der Waals surface area contributed by atoms with Crippen LogP contribution in [0.1, 0.15) is 6.92 Å². The molecule has 6 heteroatoms. The van der Waals surface area contributed by atoms with Gasteiger partial charge < -0.3 is 5.11 Å². The smallest absolute Gasteiger partial charge is 0.334 e. The maximum absolute atomic E-state index is 9.95. The van der Waals surface area contributed by atoms with Crippen molar-refractivity contribution in [1.29, 1.82) is 0 Å². The Morgan fingerprint density at radius 2 is 2.33 bits per heavy atom. The second-order valence-electron chi connectivity index (χ2n) is 1.27. The molecule has 0 amide bonds. The van der Waals surface area contributed by atoms with E-state index in [1.165, 1.54) is 6.92 Å². The van der Waals surface area contributed by atoms with Crippen LogP contribution < -0.4 is 0 Å². The van der Waals surface area contributed by atoms with Crippen LogP contribution >= 0.6 is 10.7 Å². The maximum Gasteiger partial charge on any atom is 0.334 e. The zero-order chi connectivity index (χ0) is 7.44. The molecule has 0 aliphatic heterocycles. The molecule has 9 heavy (non-hydrogen) atoms. The maximum atomic E-state index is 9.95. The molecule has 0 fully saturated rings. The van der Waals surface area contributed by atoms with Gasteiger partial charge in [-0.1, -0.05) is 0 Å². The summed E-state index contributed by atoms with van der Waals surface area (Å²) in [6.07, 6.45) is -1.12. The fraction of sp³-hybridized carbons (Fsp3) is 0.667. The third-order valence-electron chi connectivity index (χ3n) is 0.568. The lowest BCUT2D eigenvalue weighted by Crippen LogP contribution is -2.19. The van der Waals surface area contributed by atoms with Gasteiger partial charge in [0.2, 0.25) is 0 Å². The third-order valence-corrected chi connectivity index (χ3v) is 1.23. The number of aliphatic carboxylic acids is 1. The Balaban J connectivity index is 3.63. The SMILES string of the molecule is CC(OS(=O)Cl)C(=O)O. The molecule has 1 N–H and O–H groups in total. The molecule has 0 saturated carbocycles. The van der Waals surface area contributed by atoms with Crippen molar-refractivity contribution in [1.82, 2.24) is 0 Å². The lowest BCUT2D eigenvalue weighted by Gasteiger charge is -2.00. The number of halogens is 1. The first-order chi connectivity index (χ1) is 4.04. The van der Waals surface area contributed by atoms with Gasteiger partial charge in [0.15, 0.2) is 6.10 Å². The lowest BCUT2D eigenvalue weighted by molar-refractivity contribution is -0.143. The molecule has 0 saturated heterocycles. The van der Waals surface area contributed by atoms with Crippen molar-refractivity contribution in [2.24, 2.45) is 0 Å². The van der Waals surface area contributed by atoms with E-state index in [2.05, 4.69) is 4.18 Å². The largest absolute Gasteiger partial charge is 0.479 e. The Morgan fingerprint density at radius 1 is 1.89 bits per heavy atom. The first-order valence-electron chi connectivity index (χ1n) is 2.02. The molecule has 2 atom stereocenters. The Bertz CT molecular complexity index is 136. The van der Waals surface area contributed by atoms with Crippen LogP contribution in [0.4, 0.5) is 0 Å². The van der Waals surface area contributed by atoms with Crippen molar-refractivity contribution >= 4 is 26.9 Å². The first-order valence-corrected chi connectivity index (χ1v) is 3.92. The minimum absolute atomic E-state index is 1.12. The molecule has 0 aromatic heterocycles. The number of hydrogen-bond donors (Lipinski definition) is 1. The van der Waals surface area contributed by atoms with Crippen LogP contribution in [0.5, 0.6) is 0 Å². The lowest BCUT2D eigenvalue weighted by atomic mass is 10.4. The molecule has 0 aromatic carbocycles. The third kappa shape index (κ3) is 4.38. The van der Waals surface area contributed by atoms with Crippen LogP contribution in [0.3, 0.4) is 0 Å². The van der Waals surface area contributed by atoms with Crippen molar-refractivity contribution in [2.75, 3.05) is 0 Å². The number of hydrogen-bond acceptors (Lipinski definition) is 3. The van der Waals surface area contributed by atoms with Crippen molar-refractivity contribution in [3.05, 3.63) is 0 Å². The molecule has 0 aliphatic rings. The molecule has 0 spiro atoms. The molecule has 0 radical (unpaired) electrons. The van der Waals surface area contributed by atoms with Gasteiger partial charge >= 0.3 is 5.97 Å². The molecule has 0 rings (SSSR count). The van der Waals surface area contributed by atoms with Crippen molar-refractivity contribution in [3.8, 4) is 0 Å². The highest BCUT2D eigenvalue weighted by molar-refractivity contribution is 8.04. The fourth-order valence-corrected chi connectivity index (χ4v) is 0.791. The molecule has 2 unspecified atom stereocenters. The minimum Gasteiger partial charge on any atom is -0.479 e. The van der Waals surface area contributed by atoms with Gasteiger partial charge in [0.1, 0.15) is 0 Å². The second kappa shape index (κ2) is 3.81. The Morgan fingerprint density at radius 3 is 2.44 bits per heavy atom. The van der Waals surface area contributed by atoms with Crippen LogP contribution in [-0.2, 0) is 19.3 Å². The van der Waals surface area contributed by atoms with Gasteiger partial charge in [-0.2, -0.15) is 0 Å². The van der Waals surface area contributed by atoms with Crippen LogP contribution in [0.2, 0.25) is 0 Å². The minimum atomic E-state index is -2.02. The number of rotatable bonds is 3. The number of carbonyl (C=O) groups is 1. The first kappa shape index (κ1) is 8.87. The van der Waals surface area contributed by atoms with Gasteiger partial charge in [0, 0.05) is 10.7 Å². The average molecular weight is 173 g/mol. The second-order valence-corrected chi connectivity index (χ2v) is 2.61. The number of carboxylic acid groups (broad SMARTS) is 1. The fourth-order valence-electron chi connectivity index (χ4n) is 0.155. The van der Waals surface area contributed by atoms with Crippen LogP contribution in [-0.4, -0.2) is 21.4 Å². The van der Waals surface area contributed by atoms with E-state index in [1.54, 1.807) is 0 Å². The van der Waals surface area contributed by atoms with Gasteiger partial charge in [-0.15, -0.1) is 0 Å². The number of carboxylic acids is 1. The zero-order valence-corrected chi connectivity index (χ0v) is 6.11. The highest BCUT2D eigenvalue weighted by Crippen LogP contribution is 1.97. The van der Waals surface area contributed by atoms with Crippen molar-refractivity contribution < 1.29 is 18.3 Å². The van der Waals surface area contributed by atoms with E-state index < -0.39 is 22.4 Å². The van der Waals surface area contributed by atoms with Gasteiger partial charge in [0.25, 0.3) is 10.3 Å². The van der Waals surface area contributed by atoms with Crippen LogP contribution in [0.25, 0.3) is 0 Å². The molecule has 0 heterocycles. The standard InChI is InChI=1S/C3H5ClO4S/c1-2(3(5)6)8-9(4)7/h2H,1H3,(H,5,6). The summed E-state index contributed by atoms with van der Waals surface area (Å²) in [5.74, 6) is -1.19. The summed E-state index contributed by atoms with van der Waals surface area (Å²) in [5, 5.41) is 8.11. The quantitative estimate of drug-likeness (QED) is 0.622. The molecular formula is C3H5ClO4S. The van der Waals surface area contributed by atoms with E-state index in [4.69, 9.17) is 15.8 Å². The highest BCUT2D eigenvalue weighted by Gasteiger charge is 2.13. The van der Waals surface area contributed by atoms with E-state index in [0.717, 1.165) is 0 Å². The van der Waals surface area contributed by atoms with Crippen LogP contribution in [0, 0.1) is 0 Å². The molecular weight excluding hydrogens is 168 g/mol. The van der Waals surface area contributed by atoms with E-state index >= 15 is 0 Å². The molecule has 0 aromatic rings. The molecule has 0 bridgehead atoms. The van der Waals surface area contributed by atoms with Gasteiger partial charge in [-0.25, -0.2) is 9.00 Å². The Labute approximate surface area is 58.9 Å². The van der Waals surface area contributed by atoms with Gasteiger partial charge in [-0.3, -0.25) is 4.18 Å². The van der Waals surface area contributed by atoms with Crippen molar-refractivity contribution in [2.45, 2.75) is 13.0 Å². The molecule has 4 nitrogen and oxygen atoms in total. The monoisotopic (exact) mass is 172 g/mol. The van der Waals surface area contributed by atoms with E-state index in [0.29, 0.717) is 0 Å². The predicted molar refractivity (Wildman–Crippen MR) is 32.2 cm³/mol. The van der Waals surface area contributed by atoms with E-state index in [1.807, 2.05) is 0 Å². The molecule has 0 aliphatic carbocycles. The Kier molecular flexibility index (Phi) is 3.76. The summed E-state index contributed by atoms with van der Waals surface area (Å²) in [6.45, 7) is 1.24.